The van der Waals surface area contributed by atoms with Gasteiger partial charge < -0.3 is 10.0 Å². The number of benzene rings is 1. The number of aryl methyl sites for hydroxylation is 2. The molecule has 3 aromatic rings. The second-order valence-corrected chi connectivity index (χ2v) is 7.48. The highest BCUT2D eigenvalue weighted by Crippen LogP contribution is 2.37. The minimum absolute atomic E-state index is 0.586. The molecule has 27 heavy (non-hydrogen) atoms. The van der Waals surface area contributed by atoms with Gasteiger partial charge in [-0.2, -0.15) is 5.10 Å². The van der Waals surface area contributed by atoms with E-state index in [1.165, 1.54) is 0 Å². The fourth-order valence-electron chi connectivity index (χ4n) is 3.67. The maximum absolute atomic E-state index is 11.1. The predicted octanol–water partition coefficient (Wildman–Crippen LogP) is 3.42. The van der Waals surface area contributed by atoms with Crippen LogP contribution in [0.25, 0.3) is 5.82 Å². The number of hydrogen-bond acceptors (Lipinski definition) is 5. The van der Waals surface area contributed by atoms with Crippen LogP contribution in [0.5, 0.6) is 0 Å². The standard InChI is InChI=1S/C20H22ClN5O/c1-14-11-15(2)26(24-14)19-13-22-12-18(23-19)25-9-7-20(27,8-10-25)16-5-3-4-6-17(16)21/h3-6,11-13,27H,7-10H2,1-2H3. The molecule has 0 atom stereocenters. The molecule has 1 N–H and O–H groups in total. The van der Waals surface area contributed by atoms with E-state index in [4.69, 9.17) is 16.6 Å². The SMILES string of the molecule is Cc1cc(C)n(-c2cncc(N3CCC(O)(c4ccccc4Cl)CC3)n2)n1. The summed E-state index contributed by atoms with van der Waals surface area (Å²) in [5, 5.41) is 16.2. The number of aromatic nitrogens is 4. The molecule has 0 aliphatic carbocycles. The largest absolute Gasteiger partial charge is 0.385 e. The summed E-state index contributed by atoms with van der Waals surface area (Å²) in [7, 11) is 0. The van der Waals surface area contributed by atoms with Crippen molar-refractivity contribution < 1.29 is 5.11 Å². The Balaban J connectivity index is 1.54. The molecule has 0 saturated carbocycles. The van der Waals surface area contributed by atoms with E-state index in [-0.39, 0.29) is 0 Å². The number of piperidine rings is 1. The van der Waals surface area contributed by atoms with Gasteiger partial charge in [0.15, 0.2) is 5.82 Å². The third-order valence-corrected chi connectivity index (χ3v) is 5.46. The topological polar surface area (TPSA) is 67.1 Å². The van der Waals surface area contributed by atoms with E-state index in [2.05, 4.69) is 15.0 Å². The summed E-state index contributed by atoms with van der Waals surface area (Å²) in [6, 6.07) is 9.53. The van der Waals surface area contributed by atoms with Crippen molar-refractivity contribution in [2.24, 2.45) is 0 Å². The quantitative estimate of drug-likeness (QED) is 0.750. The monoisotopic (exact) mass is 383 g/mol. The maximum Gasteiger partial charge on any atom is 0.174 e. The molecule has 0 amide bonds. The molecule has 1 saturated heterocycles. The predicted molar refractivity (Wildman–Crippen MR) is 105 cm³/mol. The molecule has 0 radical (unpaired) electrons. The van der Waals surface area contributed by atoms with E-state index in [0.717, 1.165) is 22.8 Å². The average molecular weight is 384 g/mol. The third-order valence-electron chi connectivity index (χ3n) is 5.13. The molecule has 1 aliphatic heterocycles. The first-order valence-corrected chi connectivity index (χ1v) is 9.42. The van der Waals surface area contributed by atoms with Crippen molar-refractivity contribution in [2.75, 3.05) is 18.0 Å². The number of halogens is 1. The van der Waals surface area contributed by atoms with Crippen LogP contribution in [0, 0.1) is 13.8 Å². The van der Waals surface area contributed by atoms with Crippen molar-refractivity contribution in [2.45, 2.75) is 32.3 Å². The van der Waals surface area contributed by atoms with Crippen LogP contribution >= 0.6 is 11.6 Å². The van der Waals surface area contributed by atoms with Gasteiger partial charge in [-0.25, -0.2) is 9.67 Å². The van der Waals surface area contributed by atoms with Crippen LogP contribution in [0.15, 0.2) is 42.7 Å². The van der Waals surface area contributed by atoms with E-state index >= 15 is 0 Å². The van der Waals surface area contributed by atoms with Crippen molar-refractivity contribution in [3.05, 3.63) is 64.7 Å². The van der Waals surface area contributed by atoms with Crippen LogP contribution in [0.1, 0.15) is 29.8 Å². The summed E-state index contributed by atoms with van der Waals surface area (Å²) in [5.74, 6) is 1.49. The second kappa shape index (κ2) is 6.94. The third kappa shape index (κ3) is 3.42. The zero-order valence-electron chi connectivity index (χ0n) is 15.4. The first kappa shape index (κ1) is 17.9. The van der Waals surface area contributed by atoms with Gasteiger partial charge in [0.25, 0.3) is 0 Å². The first-order valence-electron chi connectivity index (χ1n) is 9.04. The Labute approximate surface area is 163 Å². The maximum atomic E-state index is 11.1. The first-order chi connectivity index (χ1) is 13.0. The zero-order chi connectivity index (χ0) is 19.0. The van der Waals surface area contributed by atoms with Gasteiger partial charge in [0.2, 0.25) is 0 Å². The van der Waals surface area contributed by atoms with Crippen molar-refractivity contribution in [3.63, 3.8) is 0 Å². The number of hydrogen-bond donors (Lipinski definition) is 1. The molecule has 2 aromatic heterocycles. The smallest absolute Gasteiger partial charge is 0.174 e. The van der Waals surface area contributed by atoms with E-state index < -0.39 is 5.60 Å². The lowest BCUT2D eigenvalue weighted by molar-refractivity contribution is 0.0117. The molecule has 4 rings (SSSR count). The summed E-state index contributed by atoms with van der Waals surface area (Å²) in [6.07, 6.45) is 4.65. The Morgan fingerprint density at radius 2 is 1.78 bits per heavy atom. The lowest BCUT2D eigenvalue weighted by Gasteiger charge is -2.39. The number of nitrogens with zero attached hydrogens (tertiary/aromatic N) is 5. The summed E-state index contributed by atoms with van der Waals surface area (Å²) in [5.41, 5.74) is 1.86. The van der Waals surface area contributed by atoms with Crippen LogP contribution in [-0.4, -0.2) is 37.9 Å². The molecule has 140 valence electrons. The Morgan fingerprint density at radius 3 is 2.44 bits per heavy atom. The normalized spacial score (nSPS) is 16.5. The molecule has 1 aliphatic rings. The van der Waals surface area contributed by atoms with Crippen molar-refractivity contribution in [1.82, 2.24) is 19.7 Å². The molecular weight excluding hydrogens is 362 g/mol. The fourth-order valence-corrected chi connectivity index (χ4v) is 3.99. The molecule has 3 heterocycles. The van der Waals surface area contributed by atoms with Crippen LogP contribution in [0.3, 0.4) is 0 Å². The van der Waals surface area contributed by atoms with Gasteiger partial charge in [-0.1, -0.05) is 29.8 Å². The van der Waals surface area contributed by atoms with Gasteiger partial charge in [-0.3, -0.25) is 4.98 Å². The van der Waals surface area contributed by atoms with Gasteiger partial charge in [0.05, 0.1) is 23.7 Å². The van der Waals surface area contributed by atoms with E-state index in [1.54, 1.807) is 17.1 Å². The Kier molecular flexibility index (Phi) is 4.61. The van der Waals surface area contributed by atoms with Crippen LogP contribution in [0.4, 0.5) is 5.82 Å². The molecule has 1 aromatic carbocycles. The highest BCUT2D eigenvalue weighted by atomic mass is 35.5. The van der Waals surface area contributed by atoms with E-state index in [0.29, 0.717) is 36.8 Å². The van der Waals surface area contributed by atoms with Gasteiger partial charge in [-0.15, -0.1) is 0 Å². The summed E-state index contributed by atoms with van der Waals surface area (Å²) < 4.78 is 1.80. The van der Waals surface area contributed by atoms with Gasteiger partial charge in [0, 0.05) is 29.4 Å². The van der Waals surface area contributed by atoms with Gasteiger partial charge in [-0.05, 0) is 38.8 Å². The summed E-state index contributed by atoms with van der Waals surface area (Å²) >= 11 is 6.30. The van der Waals surface area contributed by atoms with Crippen molar-refractivity contribution in [1.29, 1.82) is 0 Å². The van der Waals surface area contributed by atoms with Crippen molar-refractivity contribution in [3.8, 4) is 5.82 Å². The molecule has 7 heteroatoms. The summed E-state index contributed by atoms with van der Waals surface area (Å²) in [4.78, 5) is 11.2. The molecule has 0 bridgehead atoms. The van der Waals surface area contributed by atoms with Crippen LogP contribution < -0.4 is 4.90 Å². The highest BCUT2D eigenvalue weighted by Gasteiger charge is 2.35. The number of anilines is 1. The molecule has 0 unspecified atom stereocenters. The van der Waals surface area contributed by atoms with Gasteiger partial charge >= 0.3 is 0 Å². The average Bonchev–Trinajstić information content (AvgIpc) is 3.01. The Morgan fingerprint density at radius 1 is 1.07 bits per heavy atom. The fraction of sp³-hybridized carbons (Fsp3) is 0.350. The Hall–Kier alpha value is -2.44. The van der Waals surface area contributed by atoms with Gasteiger partial charge in [0.1, 0.15) is 5.82 Å². The Bertz CT molecular complexity index is 963. The zero-order valence-corrected chi connectivity index (χ0v) is 16.2. The molecule has 0 spiro atoms. The minimum atomic E-state index is -0.907. The minimum Gasteiger partial charge on any atom is -0.385 e. The molecule has 6 nitrogen and oxygen atoms in total. The number of aliphatic hydroxyl groups is 1. The summed E-state index contributed by atoms with van der Waals surface area (Å²) in [6.45, 7) is 5.31. The second-order valence-electron chi connectivity index (χ2n) is 7.07. The van der Waals surface area contributed by atoms with Crippen LogP contribution in [0.2, 0.25) is 5.02 Å². The van der Waals surface area contributed by atoms with Crippen molar-refractivity contribution >= 4 is 17.4 Å². The highest BCUT2D eigenvalue weighted by molar-refractivity contribution is 6.31. The lowest BCUT2D eigenvalue weighted by Crippen LogP contribution is -2.43. The van der Waals surface area contributed by atoms with E-state index in [9.17, 15) is 5.11 Å². The lowest BCUT2D eigenvalue weighted by atomic mass is 9.84. The molecular formula is C20H22ClN5O. The number of rotatable bonds is 3. The van der Waals surface area contributed by atoms with Crippen LogP contribution in [-0.2, 0) is 5.60 Å². The van der Waals surface area contributed by atoms with E-state index in [1.807, 2.05) is 44.2 Å². The molecule has 1 fully saturated rings.